The van der Waals surface area contributed by atoms with E-state index in [1.165, 1.54) is 0 Å². The second kappa shape index (κ2) is 7.21. The van der Waals surface area contributed by atoms with Gasteiger partial charge in [-0.25, -0.2) is 9.97 Å². The number of carbonyl (C=O) groups is 1. The van der Waals surface area contributed by atoms with Crippen LogP contribution in [0.2, 0.25) is 0 Å². The van der Waals surface area contributed by atoms with Crippen LogP contribution >= 0.6 is 0 Å². The van der Waals surface area contributed by atoms with Gasteiger partial charge in [0, 0.05) is 43.2 Å². The van der Waals surface area contributed by atoms with Crippen molar-refractivity contribution in [3.63, 3.8) is 0 Å². The fourth-order valence-corrected chi connectivity index (χ4v) is 3.37. The first kappa shape index (κ1) is 18.7. The van der Waals surface area contributed by atoms with E-state index in [9.17, 15) is 4.79 Å². The van der Waals surface area contributed by atoms with Crippen molar-refractivity contribution in [3.8, 4) is 22.6 Å². The SMILES string of the molecule is Cc1nc(-c2ccc(C)c(NC(=O)c3cnc4cc(-c5cn(C)cn5)ccn34)c2)no1. The topological polar surface area (TPSA) is 103 Å². The molecule has 0 aliphatic heterocycles. The van der Waals surface area contributed by atoms with Gasteiger partial charge in [0.15, 0.2) is 0 Å². The van der Waals surface area contributed by atoms with E-state index in [4.69, 9.17) is 4.52 Å². The number of imidazole rings is 2. The van der Waals surface area contributed by atoms with E-state index in [1.54, 1.807) is 23.8 Å². The molecule has 0 saturated heterocycles. The third-order valence-electron chi connectivity index (χ3n) is 5.02. The molecule has 0 atom stereocenters. The van der Waals surface area contributed by atoms with E-state index in [0.29, 0.717) is 28.7 Å². The Bertz CT molecular complexity index is 1430. The Balaban J connectivity index is 1.44. The monoisotopic (exact) mass is 413 g/mol. The summed E-state index contributed by atoms with van der Waals surface area (Å²) in [6.45, 7) is 3.66. The Morgan fingerprint density at radius 1 is 1.10 bits per heavy atom. The van der Waals surface area contributed by atoms with Gasteiger partial charge in [-0.15, -0.1) is 0 Å². The van der Waals surface area contributed by atoms with Crippen molar-refractivity contribution in [2.24, 2.45) is 7.05 Å². The van der Waals surface area contributed by atoms with Gasteiger partial charge in [0.2, 0.25) is 11.7 Å². The number of rotatable bonds is 4. The molecule has 4 heterocycles. The summed E-state index contributed by atoms with van der Waals surface area (Å²) in [5.41, 5.74) is 5.24. The van der Waals surface area contributed by atoms with E-state index in [-0.39, 0.29) is 5.91 Å². The highest BCUT2D eigenvalue weighted by molar-refractivity contribution is 6.04. The molecule has 5 rings (SSSR count). The van der Waals surface area contributed by atoms with Crippen molar-refractivity contribution in [2.75, 3.05) is 5.32 Å². The van der Waals surface area contributed by atoms with Gasteiger partial charge >= 0.3 is 0 Å². The lowest BCUT2D eigenvalue weighted by molar-refractivity contribution is 0.102. The molecule has 9 heteroatoms. The standard InChI is InChI=1S/C22H19N7O2/c1-13-4-5-16(21-25-14(2)31-27-21)8-17(13)26-22(30)19-10-23-20-9-15(6-7-29(19)20)18-11-28(3)12-24-18/h4-12H,1-3H3,(H,26,30). The molecule has 0 spiro atoms. The van der Waals surface area contributed by atoms with Gasteiger partial charge in [-0.1, -0.05) is 17.3 Å². The zero-order valence-electron chi connectivity index (χ0n) is 17.2. The summed E-state index contributed by atoms with van der Waals surface area (Å²) in [6, 6.07) is 9.45. The van der Waals surface area contributed by atoms with Gasteiger partial charge in [-0.2, -0.15) is 4.98 Å². The second-order valence-electron chi connectivity index (χ2n) is 7.33. The van der Waals surface area contributed by atoms with Gasteiger partial charge < -0.3 is 14.4 Å². The molecule has 9 nitrogen and oxygen atoms in total. The quantitative estimate of drug-likeness (QED) is 0.482. The maximum absolute atomic E-state index is 13.0. The van der Waals surface area contributed by atoms with Crippen LogP contribution < -0.4 is 5.32 Å². The zero-order valence-corrected chi connectivity index (χ0v) is 17.2. The minimum absolute atomic E-state index is 0.261. The molecule has 1 aromatic carbocycles. The van der Waals surface area contributed by atoms with Crippen LogP contribution in [-0.2, 0) is 7.05 Å². The number of hydrogen-bond acceptors (Lipinski definition) is 6. The molecule has 5 aromatic rings. The highest BCUT2D eigenvalue weighted by Crippen LogP contribution is 2.25. The van der Waals surface area contributed by atoms with Crippen LogP contribution in [0, 0.1) is 13.8 Å². The van der Waals surface area contributed by atoms with Crippen LogP contribution in [0.1, 0.15) is 21.9 Å². The summed E-state index contributed by atoms with van der Waals surface area (Å²) >= 11 is 0. The Morgan fingerprint density at radius 3 is 2.71 bits per heavy atom. The smallest absolute Gasteiger partial charge is 0.274 e. The molecule has 0 radical (unpaired) electrons. The highest BCUT2D eigenvalue weighted by Gasteiger charge is 2.16. The van der Waals surface area contributed by atoms with Gasteiger partial charge in [0.1, 0.15) is 11.3 Å². The second-order valence-corrected chi connectivity index (χ2v) is 7.33. The third kappa shape index (κ3) is 3.46. The molecular formula is C22H19N7O2. The van der Waals surface area contributed by atoms with Crippen molar-refractivity contribution in [1.29, 1.82) is 0 Å². The number of benzene rings is 1. The van der Waals surface area contributed by atoms with Crippen molar-refractivity contribution in [2.45, 2.75) is 13.8 Å². The summed E-state index contributed by atoms with van der Waals surface area (Å²) in [5.74, 6) is 0.699. The van der Waals surface area contributed by atoms with Crippen molar-refractivity contribution < 1.29 is 9.32 Å². The Hall–Kier alpha value is -4.27. The average Bonchev–Trinajstić information content (AvgIpc) is 3.48. The summed E-state index contributed by atoms with van der Waals surface area (Å²) in [6.07, 6.45) is 7.07. The molecule has 1 N–H and O–H groups in total. The molecule has 0 bridgehead atoms. The van der Waals surface area contributed by atoms with E-state index in [0.717, 1.165) is 22.4 Å². The van der Waals surface area contributed by atoms with E-state index < -0.39 is 0 Å². The lowest BCUT2D eigenvalue weighted by atomic mass is 10.1. The molecule has 31 heavy (non-hydrogen) atoms. The van der Waals surface area contributed by atoms with Crippen molar-refractivity contribution in [1.82, 2.24) is 29.1 Å². The van der Waals surface area contributed by atoms with Crippen LogP contribution in [0.15, 0.2) is 59.8 Å². The fraction of sp³-hybridized carbons (Fsp3) is 0.136. The number of aromatic nitrogens is 6. The van der Waals surface area contributed by atoms with Crippen LogP contribution in [0.5, 0.6) is 0 Å². The van der Waals surface area contributed by atoms with Crippen molar-refractivity contribution in [3.05, 3.63) is 72.4 Å². The minimum Gasteiger partial charge on any atom is -0.340 e. The Kier molecular flexibility index (Phi) is 4.36. The third-order valence-corrected chi connectivity index (χ3v) is 5.02. The molecule has 0 aliphatic carbocycles. The largest absolute Gasteiger partial charge is 0.340 e. The van der Waals surface area contributed by atoms with E-state index >= 15 is 0 Å². The van der Waals surface area contributed by atoms with Gasteiger partial charge in [0.25, 0.3) is 5.91 Å². The normalized spacial score (nSPS) is 11.2. The van der Waals surface area contributed by atoms with Gasteiger partial charge in [-0.3, -0.25) is 9.20 Å². The van der Waals surface area contributed by atoms with E-state index in [2.05, 4.69) is 25.4 Å². The number of fused-ring (bicyclic) bond motifs is 1. The summed E-state index contributed by atoms with van der Waals surface area (Å²) in [5, 5.41) is 6.91. The summed E-state index contributed by atoms with van der Waals surface area (Å²) < 4.78 is 8.69. The molecule has 1 amide bonds. The number of nitrogens with zero attached hydrogens (tertiary/aromatic N) is 6. The first-order valence-electron chi connectivity index (χ1n) is 9.66. The molecule has 0 saturated carbocycles. The maximum atomic E-state index is 13.0. The molecule has 4 aromatic heterocycles. The minimum atomic E-state index is -0.261. The van der Waals surface area contributed by atoms with Crippen LogP contribution in [0.3, 0.4) is 0 Å². The number of amides is 1. The number of aryl methyl sites for hydroxylation is 3. The van der Waals surface area contributed by atoms with E-state index in [1.807, 2.05) is 61.3 Å². The molecule has 0 unspecified atom stereocenters. The molecule has 0 fully saturated rings. The fourth-order valence-electron chi connectivity index (χ4n) is 3.37. The number of nitrogens with one attached hydrogen (secondary N) is 1. The maximum Gasteiger partial charge on any atom is 0.274 e. The number of pyridine rings is 1. The summed E-state index contributed by atoms with van der Waals surface area (Å²) in [4.78, 5) is 26.0. The lowest BCUT2D eigenvalue weighted by Gasteiger charge is -2.09. The van der Waals surface area contributed by atoms with Gasteiger partial charge in [-0.05, 0) is 30.7 Å². The number of hydrogen-bond donors (Lipinski definition) is 1. The molecule has 154 valence electrons. The number of carbonyl (C=O) groups excluding carboxylic acids is 1. The van der Waals surface area contributed by atoms with Crippen LogP contribution in [0.4, 0.5) is 5.69 Å². The zero-order chi connectivity index (χ0) is 21.5. The first-order chi connectivity index (χ1) is 15.0. The van der Waals surface area contributed by atoms with Crippen molar-refractivity contribution >= 4 is 17.2 Å². The first-order valence-corrected chi connectivity index (χ1v) is 9.66. The Labute approximate surface area is 177 Å². The van der Waals surface area contributed by atoms with Crippen LogP contribution in [-0.4, -0.2) is 35.0 Å². The molecule has 0 aliphatic rings. The lowest BCUT2D eigenvalue weighted by Crippen LogP contribution is -2.15. The average molecular weight is 413 g/mol. The molecular weight excluding hydrogens is 394 g/mol. The highest BCUT2D eigenvalue weighted by atomic mass is 16.5. The number of anilines is 1. The van der Waals surface area contributed by atoms with Crippen LogP contribution in [0.25, 0.3) is 28.3 Å². The van der Waals surface area contributed by atoms with Gasteiger partial charge in [0.05, 0.1) is 18.2 Å². The Morgan fingerprint density at radius 2 is 1.97 bits per heavy atom. The predicted octanol–water partition coefficient (Wildman–Crippen LogP) is 3.65. The summed E-state index contributed by atoms with van der Waals surface area (Å²) in [7, 11) is 1.92. The predicted molar refractivity (Wildman–Crippen MR) is 115 cm³/mol.